The minimum atomic E-state index is 0.372. The molecule has 2 unspecified atom stereocenters. The van der Waals surface area contributed by atoms with E-state index >= 15 is 0 Å². The molecule has 5 rings (SSSR count). The first-order valence-corrected chi connectivity index (χ1v) is 12.6. The van der Waals surface area contributed by atoms with Crippen LogP contribution < -0.4 is 4.74 Å². The van der Waals surface area contributed by atoms with Crippen molar-refractivity contribution in [2.24, 2.45) is 23.7 Å². The van der Waals surface area contributed by atoms with Crippen molar-refractivity contribution in [3.63, 3.8) is 0 Å². The number of hydrogen-bond donors (Lipinski definition) is 1. The summed E-state index contributed by atoms with van der Waals surface area (Å²) >= 11 is 0. The number of aliphatic hydroxyl groups is 1. The first-order chi connectivity index (χ1) is 15.6. The molecule has 2 aliphatic carbocycles. The molecule has 0 spiro atoms. The summed E-state index contributed by atoms with van der Waals surface area (Å²) in [5, 5.41) is 14.9. The Morgan fingerprint density at radius 3 is 2.62 bits per heavy atom. The van der Waals surface area contributed by atoms with Crippen molar-refractivity contribution in [3.05, 3.63) is 23.4 Å². The number of aromatic nitrogens is 1. The average Bonchev–Trinajstić information content (AvgIpc) is 3.71. The number of hydrogen-bond acceptors (Lipinski definition) is 6. The molecule has 1 N–H and O–H groups in total. The highest BCUT2D eigenvalue weighted by molar-refractivity contribution is 5.84. The molecule has 6 nitrogen and oxygen atoms in total. The van der Waals surface area contributed by atoms with Crippen LogP contribution in [0.3, 0.4) is 0 Å². The summed E-state index contributed by atoms with van der Waals surface area (Å²) in [6.45, 7) is 5.57. The number of rotatable bonds is 11. The Bertz CT molecular complexity index is 899. The highest BCUT2D eigenvalue weighted by Gasteiger charge is 2.37. The van der Waals surface area contributed by atoms with Crippen LogP contribution in [0.15, 0.2) is 16.7 Å². The predicted octanol–water partition coefficient (Wildman–Crippen LogP) is 3.95. The van der Waals surface area contributed by atoms with Gasteiger partial charge in [-0.25, -0.2) is 0 Å². The zero-order valence-electron chi connectivity index (χ0n) is 19.8. The molecule has 1 aromatic carbocycles. The van der Waals surface area contributed by atoms with Gasteiger partial charge in [-0.3, -0.25) is 0 Å². The van der Waals surface area contributed by atoms with Crippen LogP contribution >= 0.6 is 0 Å². The molecular formula is C26H39N3O3. The summed E-state index contributed by atoms with van der Waals surface area (Å²) in [7, 11) is 4.17. The zero-order chi connectivity index (χ0) is 22.1. The van der Waals surface area contributed by atoms with E-state index in [1.807, 2.05) is 0 Å². The molecule has 6 heteroatoms. The molecule has 3 aliphatic rings. The maximum atomic E-state index is 9.27. The van der Waals surface area contributed by atoms with E-state index in [4.69, 9.17) is 9.26 Å². The smallest absolute Gasteiger partial charge is 0.175 e. The average molecular weight is 442 g/mol. The standard InChI is InChI=1S/C26H39N3O3/c1-28(2)15-23-25(31-17-19-3-4-19)8-6-22-24(27-32-26(22)23)7-5-18-9-11-29(12-10-18)14-20-13-21(20)16-30/h6,8,18-21,30H,3-5,7,9-17H2,1-2H3. The number of nitrogens with zero attached hydrogens (tertiary/aromatic N) is 3. The van der Waals surface area contributed by atoms with Crippen LogP contribution in [0.4, 0.5) is 0 Å². The molecule has 0 radical (unpaired) electrons. The lowest BCUT2D eigenvalue weighted by atomic mass is 9.91. The molecule has 3 fully saturated rings. The fourth-order valence-electron chi connectivity index (χ4n) is 5.25. The fraction of sp³-hybridized carbons (Fsp3) is 0.731. The molecule has 1 aromatic heterocycles. The Morgan fingerprint density at radius 2 is 1.94 bits per heavy atom. The third kappa shape index (κ3) is 5.29. The van der Waals surface area contributed by atoms with Gasteiger partial charge in [-0.1, -0.05) is 5.16 Å². The van der Waals surface area contributed by atoms with Crippen LogP contribution in [0.1, 0.15) is 49.8 Å². The quantitative estimate of drug-likeness (QED) is 0.570. The van der Waals surface area contributed by atoms with Gasteiger partial charge in [0.25, 0.3) is 0 Å². The maximum absolute atomic E-state index is 9.27. The molecule has 2 saturated carbocycles. The van der Waals surface area contributed by atoms with Crippen LogP contribution in [0.2, 0.25) is 0 Å². The second-order valence-electron chi connectivity index (χ2n) is 10.8. The van der Waals surface area contributed by atoms with Gasteiger partial charge in [0, 0.05) is 25.1 Å². The summed E-state index contributed by atoms with van der Waals surface area (Å²) in [6.07, 6.45) is 8.52. The van der Waals surface area contributed by atoms with Crippen molar-refractivity contribution in [3.8, 4) is 5.75 Å². The van der Waals surface area contributed by atoms with Crippen LogP contribution in [0.5, 0.6) is 5.75 Å². The first-order valence-electron chi connectivity index (χ1n) is 12.6. The van der Waals surface area contributed by atoms with Gasteiger partial charge in [0.2, 0.25) is 0 Å². The second-order valence-corrected chi connectivity index (χ2v) is 10.8. The molecule has 1 saturated heterocycles. The molecular weight excluding hydrogens is 402 g/mol. The molecule has 32 heavy (non-hydrogen) atoms. The predicted molar refractivity (Wildman–Crippen MR) is 126 cm³/mol. The fourth-order valence-corrected chi connectivity index (χ4v) is 5.25. The number of aliphatic hydroxyl groups excluding tert-OH is 1. The molecule has 2 atom stereocenters. The molecule has 0 bridgehead atoms. The highest BCUT2D eigenvalue weighted by Crippen LogP contribution is 2.39. The normalized spacial score (nSPS) is 24.5. The van der Waals surface area contributed by atoms with Gasteiger partial charge < -0.3 is 24.2 Å². The summed E-state index contributed by atoms with van der Waals surface area (Å²) in [5.41, 5.74) is 3.13. The topological polar surface area (TPSA) is 62.0 Å². The monoisotopic (exact) mass is 441 g/mol. The number of aryl methyl sites for hydroxylation is 1. The Morgan fingerprint density at radius 1 is 1.12 bits per heavy atom. The molecule has 176 valence electrons. The van der Waals surface area contributed by atoms with E-state index < -0.39 is 0 Å². The van der Waals surface area contributed by atoms with Gasteiger partial charge in [0.05, 0.1) is 17.9 Å². The number of likely N-dealkylation sites (tertiary alicyclic amines) is 1. The summed E-state index contributed by atoms with van der Waals surface area (Å²) in [5.74, 6) is 3.77. The SMILES string of the molecule is CN(C)Cc1c(OCC2CC2)ccc2c(CCC3CCN(CC4CC4CO)CC3)noc12. The highest BCUT2D eigenvalue weighted by atomic mass is 16.5. The lowest BCUT2D eigenvalue weighted by molar-refractivity contribution is 0.166. The van der Waals surface area contributed by atoms with Crippen LogP contribution in [-0.4, -0.2) is 67.0 Å². The van der Waals surface area contributed by atoms with Crippen molar-refractivity contribution in [1.82, 2.24) is 15.0 Å². The summed E-state index contributed by atoms with van der Waals surface area (Å²) in [4.78, 5) is 4.78. The second kappa shape index (κ2) is 9.70. The third-order valence-electron chi connectivity index (χ3n) is 7.71. The van der Waals surface area contributed by atoms with E-state index in [9.17, 15) is 5.11 Å². The molecule has 2 aromatic rings. The Kier molecular flexibility index (Phi) is 6.72. The van der Waals surface area contributed by atoms with E-state index in [0.717, 1.165) is 65.3 Å². The van der Waals surface area contributed by atoms with Crippen molar-refractivity contribution < 1.29 is 14.4 Å². The van der Waals surface area contributed by atoms with Crippen molar-refractivity contribution in [2.75, 3.05) is 46.9 Å². The maximum Gasteiger partial charge on any atom is 0.175 e. The lowest BCUT2D eigenvalue weighted by Crippen LogP contribution is -2.35. The number of benzene rings is 1. The third-order valence-corrected chi connectivity index (χ3v) is 7.71. The van der Waals surface area contributed by atoms with Crippen molar-refractivity contribution >= 4 is 11.0 Å². The van der Waals surface area contributed by atoms with Gasteiger partial charge in [-0.15, -0.1) is 0 Å². The first kappa shape index (κ1) is 22.2. The minimum absolute atomic E-state index is 0.372. The number of piperidine rings is 1. The van der Waals surface area contributed by atoms with Gasteiger partial charge >= 0.3 is 0 Å². The largest absolute Gasteiger partial charge is 0.493 e. The van der Waals surface area contributed by atoms with E-state index in [0.29, 0.717) is 12.5 Å². The minimum Gasteiger partial charge on any atom is -0.493 e. The summed E-state index contributed by atoms with van der Waals surface area (Å²) in [6, 6.07) is 4.28. The molecule has 1 aliphatic heterocycles. The Hall–Kier alpha value is -1.63. The molecule has 0 amide bonds. The van der Waals surface area contributed by atoms with Gasteiger partial charge in [-0.2, -0.15) is 0 Å². The van der Waals surface area contributed by atoms with Gasteiger partial charge in [0.15, 0.2) is 5.58 Å². The van der Waals surface area contributed by atoms with Gasteiger partial charge in [-0.05, 0) is 108 Å². The number of ether oxygens (including phenoxy) is 1. The van der Waals surface area contributed by atoms with E-state index in [2.05, 4.69) is 41.2 Å². The Balaban J connectivity index is 1.18. The van der Waals surface area contributed by atoms with Crippen LogP contribution in [0.25, 0.3) is 11.0 Å². The lowest BCUT2D eigenvalue weighted by Gasteiger charge is -2.32. The Labute approximate surface area is 191 Å². The van der Waals surface area contributed by atoms with Crippen molar-refractivity contribution in [1.29, 1.82) is 0 Å². The van der Waals surface area contributed by atoms with E-state index in [-0.39, 0.29) is 0 Å². The number of fused-ring (bicyclic) bond motifs is 1. The zero-order valence-corrected chi connectivity index (χ0v) is 19.8. The molecule has 2 heterocycles. The summed E-state index contributed by atoms with van der Waals surface area (Å²) < 4.78 is 12.0. The van der Waals surface area contributed by atoms with Crippen LogP contribution in [-0.2, 0) is 13.0 Å². The van der Waals surface area contributed by atoms with E-state index in [1.54, 1.807) is 0 Å². The van der Waals surface area contributed by atoms with E-state index in [1.165, 1.54) is 58.2 Å². The van der Waals surface area contributed by atoms with Gasteiger partial charge in [0.1, 0.15) is 5.75 Å². The van der Waals surface area contributed by atoms with Crippen molar-refractivity contribution in [2.45, 2.75) is 51.5 Å². The van der Waals surface area contributed by atoms with Crippen LogP contribution in [0, 0.1) is 23.7 Å².